The van der Waals surface area contributed by atoms with E-state index in [1.807, 2.05) is 0 Å². The van der Waals surface area contributed by atoms with Crippen LogP contribution in [0.3, 0.4) is 0 Å². The molecule has 0 spiro atoms. The normalized spacial score (nSPS) is 20.0. The van der Waals surface area contributed by atoms with Crippen molar-refractivity contribution < 1.29 is 146 Å². The maximum absolute atomic E-state index is 12.4. The van der Waals surface area contributed by atoms with Crippen molar-refractivity contribution in [3.8, 4) is 0 Å². The van der Waals surface area contributed by atoms with Gasteiger partial charge in [0.15, 0.2) is 20.0 Å². The molecule has 6 aliphatic rings. The molecule has 6 fully saturated rings. The largest absolute Gasteiger partial charge is 1.00 e. The Bertz CT molecular complexity index is 2640. The monoisotopic (exact) mass is 1920 g/mol. The van der Waals surface area contributed by atoms with Crippen molar-refractivity contribution in [2.75, 3.05) is 103 Å². The number of halogens is 7. The fourth-order valence-corrected chi connectivity index (χ4v) is 26.3. The molecule has 14 nitrogen and oxygen atoms in total. The molecule has 26 heteroatoms. The maximum atomic E-state index is 12.4. The van der Waals surface area contributed by atoms with E-state index in [2.05, 4.69) is 31.8 Å². The minimum atomic E-state index is -6.60. The molecule has 0 N–H and O–H groups in total. The van der Waals surface area contributed by atoms with Crippen LogP contribution in [0.4, 0.5) is 26.3 Å². The minimum absolute atomic E-state index is 0. The Morgan fingerprint density at radius 1 is 0.221 bits per heavy atom. The molecule has 6 saturated heterocycles. The molecule has 0 aromatic carbocycles. The molecule has 122 heavy (non-hydrogen) atoms. The zero-order chi connectivity index (χ0) is 87.8. The standard InChI is InChI=1S/2C45H92N2.C3F6NO4S2.C3H6NO4S2.BrH.K/c2*1-3-5-7-9-11-13-15-17-19-21-23-25-27-29-31-33-39-46(41-35-36-42-46)45-47(43-37-38-44-47)40-34-32-30-28-26-24-22-20-18-16-14-12-10-8-6-4-2;4-1(5)2(6,7)15(11,12)10-16(13,14)3(1,8)9;5-9(6)2-1-3-10(7,8)4-9;;/h2*3-45H2,1-2H3;;1-3H2;1H;/q2*+2;2*-1;;+1/p-1. The van der Waals surface area contributed by atoms with Crippen LogP contribution in [-0.4, -0.2) is 171 Å². The second-order valence-electron chi connectivity index (χ2n) is 39.0. The fraction of sp³-hybridized carbons (Fsp3) is 1.00. The van der Waals surface area contributed by atoms with Gasteiger partial charge in [-0.1, -0.05) is 387 Å². The van der Waals surface area contributed by atoms with E-state index in [0.717, 1.165) is 4.13 Å². The van der Waals surface area contributed by atoms with Crippen LogP contribution >= 0.6 is 0 Å². The average molecular weight is 1920 g/mol. The van der Waals surface area contributed by atoms with Gasteiger partial charge in [0.2, 0.25) is 13.3 Å². The van der Waals surface area contributed by atoms with E-state index < -0.39 is 56.5 Å². The molecule has 0 unspecified atom stereocenters. The van der Waals surface area contributed by atoms with Gasteiger partial charge in [-0.05, 0) is 57.8 Å². The number of quaternary nitrogens is 4. The molecule has 0 aromatic rings. The third-order valence-electron chi connectivity index (χ3n) is 27.8. The molecular weight excluding hydrogens is 1730 g/mol. The van der Waals surface area contributed by atoms with Crippen LogP contribution in [0, 0.1) is 0 Å². The first-order valence-electron chi connectivity index (χ1n) is 51.6. The molecule has 6 heterocycles. The second-order valence-corrected chi connectivity index (χ2v) is 46.3. The first-order valence-corrected chi connectivity index (χ1v) is 57.7. The zero-order valence-electron chi connectivity index (χ0n) is 79.7. The number of rotatable bonds is 72. The SMILES string of the molecule is CCCCCCCCCCCCCCCCCC[N+]1(C[N+]2(CCCCCCCCCCCCCCCCCC)CCCC2)CCCC1.CCCCCCCCCCCCCCCCCC[N+]1(C[N+]2(CCCCCCCCCCCCCCCCCC)CCCC2)CCCC1.O=S1(=O)CCCS(=O)(=O)[N-]1.O=S1(=O)[N-]S(=O)(=O)C(F)(F)C(F)(F)C1(F)F.[Br-].[K+]. The number of hydrogen-bond donors (Lipinski definition) is 0. The fourth-order valence-electron chi connectivity index (χ4n) is 20.4. The number of nitrogens with zero attached hydrogens (tertiary/aromatic N) is 6. The summed E-state index contributed by atoms with van der Waals surface area (Å²) >= 11 is 0. The van der Waals surface area contributed by atoms with E-state index >= 15 is 0 Å². The van der Waals surface area contributed by atoms with Gasteiger partial charge in [-0.25, -0.2) is 33.7 Å². The Hall–Kier alpha value is 1.26. The molecule has 0 aromatic heterocycles. The van der Waals surface area contributed by atoms with Crippen LogP contribution in [0.5, 0.6) is 0 Å². The van der Waals surface area contributed by atoms with Gasteiger partial charge in [-0.2, -0.15) is 26.3 Å². The van der Waals surface area contributed by atoms with Gasteiger partial charge >= 0.3 is 67.8 Å². The summed E-state index contributed by atoms with van der Waals surface area (Å²) in [5.74, 6) is -6.89. The van der Waals surface area contributed by atoms with Gasteiger partial charge < -0.3 is 25.2 Å². The third kappa shape index (κ3) is 53.4. The molecular formula is C96H190BrF6KN6O8S4+2. The van der Waals surface area contributed by atoms with Crippen LogP contribution in [0.2, 0.25) is 0 Å². The van der Waals surface area contributed by atoms with Crippen LogP contribution < -0.4 is 68.4 Å². The summed E-state index contributed by atoms with van der Waals surface area (Å²) in [5, 5.41) is -12.6. The van der Waals surface area contributed by atoms with E-state index in [1.165, 1.54) is 572 Å². The van der Waals surface area contributed by atoms with E-state index in [9.17, 15) is 60.0 Å². The Labute approximate surface area is 803 Å². The van der Waals surface area contributed by atoms with Gasteiger partial charge in [-0.15, -0.1) is 0 Å². The number of unbranched alkanes of at least 4 members (excludes halogenated alkanes) is 60. The predicted octanol–water partition coefficient (Wildman–Crippen LogP) is 23.7. The third-order valence-corrected chi connectivity index (χ3v) is 34.6. The van der Waals surface area contributed by atoms with Crippen LogP contribution in [0.15, 0.2) is 0 Å². The molecule has 0 saturated carbocycles. The summed E-state index contributed by atoms with van der Waals surface area (Å²) in [6.07, 6.45) is 107. The molecule has 0 bridgehead atoms. The smallest absolute Gasteiger partial charge is 1.00 e. The number of alkyl halides is 6. The average Bonchev–Trinajstić information content (AvgIpc) is 0.778. The first kappa shape index (κ1) is 121. The summed E-state index contributed by atoms with van der Waals surface area (Å²) in [6.45, 7) is 30.2. The van der Waals surface area contributed by atoms with Gasteiger partial charge in [0, 0.05) is 62.9 Å². The zero-order valence-corrected chi connectivity index (χ0v) is 87.6. The molecule has 0 amide bonds. The van der Waals surface area contributed by atoms with Crippen molar-refractivity contribution >= 4 is 40.1 Å². The summed E-state index contributed by atoms with van der Waals surface area (Å²) in [4.78, 5) is 0. The van der Waals surface area contributed by atoms with Crippen molar-refractivity contribution in [1.29, 1.82) is 0 Å². The summed E-state index contributed by atoms with van der Waals surface area (Å²) < 4.78 is 168. The molecule has 0 radical (unpaired) electrons. The quantitative estimate of drug-likeness (QED) is 0.0251. The van der Waals surface area contributed by atoms with Gasteiger partial charge in [0.1, 0.15) is 0 Å². The summed E-state index contributed by atoms with van der Waals surface area (Å²) in [5.41, 5.74) is 0. The Kier molecular flexibility index (Phi) is 71.3. The van der Waals surface area contributed by atoms with Gasteiger partial charge in [0.25, 0.3) is 0 Å². The maximum Gasteiger partial charge on any atom is 1.00 e. The van der Waals surface area contributed by atoms with Crippen molar-refractivity contribution in [2.45, 2.75) is 513 Å². The van der Waals surface area contributed by atoms with Gasteiger partial charge in [-0.3, -0.25) is 17.9 Å². The molecule has 0 aliphatic carbocycles. The van der Waals surface area contributed by atoms with E-state index in [0.29, 0.717) is 0 Å². The Morgan fingerprint density at radius 3 is 0.492 bits per heavy atom. The van der Waals surface area contributed by atoms with Crippen molar-refractivity contribution in [1.82, 2.24) is 0 Å². The van der Waals surface area contributed by atoms with Gasteiger partial charge in [0.05, 0.1) is 98.6 Å². The Balaban J connectivity index is 0.000000927. The second kappa shape index (κ2) is 71.8. The molecule has 6 rings (SSSR count). The van der Waals surface area contributed by atoms with Crippen molar-refractivity contribution in [2.24, 2.45) is 0 Å². The predicted molar refractivity (Wildman–Crippen MR) is 496 cm³/mol. The molecule has 724 valence electrons. The summed E-state index contributed by atoms with van der Waals surface area (Å²) in [6, 6.07) is 0. The van der Waals surface area contributed by atoms with Crippen LogP contribution in [0.25, 0.3) is 8.25 Å². The molecule has 6 aliphatic heterocycles. The van der Waals surface area contributed by atoms with Crippen molar-refractivity contribution in [3.63, 3.8) is 0 Å². The minimum Gasteiger partial charge on any atom is -1.00 e. The van der Waals surface area contributed by atoms with Crippen LogP contribution in [0.1, 0.15) is 496 Å². The summed E-state index contributed by atoms with van der Waals surface area (Å²) in [7, 11) is -20.5. The molecule has 0 atom stereocenters. The van der Waals surface area contributed by atoms with E-state index in [4.69, 9.17) is 0 Å². The van der Waals surface area contributed by atoms with Crippen molar-refractivity contribution in [3.05, 3.63) is 8.25 Å². The topological polar surface area (TPSA) is 165 Å². The van der Waals surface area contributed by atoms with E-state index in [-0.39, 0.29) is 86.3 Å². The Morgan fingerprint density at radius 2 is 0.361 bits per heavy atom. The number of likely N-dealkylation sites (tertiary alicyclic amines) is 4. The van der Waals surface area contributed by atoms with E-state index in [1.54, 1.807) is 0 Å². The first-order chi connectivity index (χ1) is 57.6. The number of hydrogen-bond acceptors (Lipinski definition) is 8. The van der Waals surface area contributed by atoms with Crippen LogP contribution in [-0.2, 0) is 40.1 Å². The number of sulfonamides is 4.